The summed E-state index contributed by atoms with van der Waals surface area (Å²) in [6, 6.07) is 11.6. The Labute approximate surface area is 182 Å². The van der Waals surface area contributed by atoms with Crippen molar-refractivity contribution in [2.75, 3.05) is 24.6 Å². The van der Waals surface area contributed by atoms with Crippen LogP contribution in [0.3, 0.4) is 0 Å². The number of carbonyl (C=O) groups is 1. The molecule has 2 aliphatic heterocycles. The van der Waals surface area contributed by atoms with Crippen molar-refractivity contribution in [1.82, 2.24) is 4.31 Å². The fraction of sp³-hybridized carbons (Fsp3) is 0.409. The lowest BCUT2D eigenvalue weighted by atomic mass is 10.1. The lowest BCUT2D eigenvalue weighted by molar-refractivity contribution is 0.0961. The van der Waals surface area contributed by atoms with Gasteiger partial charge < -0.3 is 4.74 Å². The van der Waals surface area contributed by atoms with Gasteiger partial charge in [-0.2, -0.15) is 4.31 Å². The number of hydrogen-bond donors (Lipinski definition) is 0. The number of halogens is 1. The van der Waals surface area contributed by atoms with Crippen LogP contribution in [0.1, 0.15) is 43.0 Å². The van der Waals surface area contributed by atoms with E-state index in [-0.39, 0.29) is 27.4 Å². The Hall–Kier alpha value is -2.09. The number of fused-ring (bicyclic) bond motifs is 1. The van der Waals surface area contributed by atoms with Crippen LogP contribution in [-0.2, 0) is 10.0 Å². The highest BCUT2D eigenvalue weighted by Crippen LogP contribution is 2.35. The zero-order valence-electron chi connectivity index (χ0n) is 16.9. The zero-order valence-corrected chi connectivity index (χ0v) is 18.5. The second-order valence-corrected chi connectivity index (χ2v) is 10.1. The Morgan fingerprint density at radius 2 is 1.77 bits per heavy atom. The van der Waals surface area contributed by atoms with Crippen molar-refractivity contribution in [3.8, 4) is 5.75 Å². The molecule has 0 radical (unpaired) electrons. The number of hydrogen-bond acceptors (Lipinski definition) is 4. The number of sulfonamides is 1. The van der Waals surface area contributed by atoms with Crippen molar-refractivity contribution in [1.29, 1.82) is 0 Å². The van der Waals surface area contributed by atoms with E-state index in [1.165, 1.54) is 16.4 Å². The number of carbonyl (C=O) groups excluding carboxylic acids is 1. The van der Waals surface area contributed by atoms with Gasteiger partial charge in [0.1, 0.15) is 17.3 Å². The molecule has 2 aliphatic rings. The molecule has 0 N–H and O–H groups in total. The molecule has 2 heterocycles. The van der Waals surface area contributed by atoms with Crippen LogP contribution in [0.5, 0.6) is 5.75 Å². The van der Waals surface area contributed by atoms with Crippen molar-refractivity contribution in [3.05, 3.63) is 53.1 Å². The van der Waals surface area contributed by atoms with E-state index >= 15 is 0 Å². The molecule has 0 aromatic heterocycles. The summed E-state index contributed by atoms with van der Waals surface area (Å²) in [5, 5.41) is 0.131. The minimum atomic E-state index is -3.77. The average molecular weight is 449 g/mol. The molecule has 2 aromatic rings. The van der Waals surface area contributed by atoms with Crippen LogP contribution in [-0.4, -0.2) is 44.4 Å². The fourth-order valence-electron chi connectivity index (χ4n) is 4.00. The molecule has 1 fully saturated rings. The van der Waals surface area contributed by atoms with Crippen LogP contribution >= 0.6 is 11.6 Å². The van der Waals surface area contributed by atoms with E-state index in [1.54, 1.807) is 11.0 Å². The highest BCUT2D eigenvalue weighted by molar-refractivity contribution is 7.89. The van der Waals surface area contributed by atoms with Gasteiger partial charge in [-0.15, -0.1) is 0 Å². The lowest BCUT2D eigenvalue weighted by Crippen LogP contribution is -2.45. The maximum absolute atomic E-state index is 13.4. The first-order valence-corrected chi connectivity index (χ1v) is 12.1. The molecule has 30 heavy (non-hydrogen) atoms. The summed E-state index contributed by atoms with van der Waals surface area (Å²) < 4.78 is 33.8. The Morgan fingerprint density at radius 1 is 1.07 bits per heavy atom. The molecular formula is C22H25ClN2O4S. The molecule has 8 heteroatoms. The van der Waals surface area contributed by atoms with E-state index in [2.05, 4.69) is 0 Å². The fourth-order valence-corrected chi connectivity index (χ4v) is 6.02. The van der Waals surface area contributed by atoms with E-state index in [0.29, 0.717) is 31.1 Å². The number of ether oxygens (including phenoxy) is 1. The number of nitrogens with zero attached hydrogens (tertiary/aromatic N) is 2. The first-order valence-electron chi connectivity index (χ1n) is 10.2. The third-order valence-electron chi connectivity index (χ3n) is 5.63. The maximum atomic E-state index is 13.4. The van der Waals surface area contributed by atoms with Gasteiger partial charge in [-0.1, -0.05) is 36.6 Å². The van der Waals surface area contributed by atoms with Crippen LogP contribution in [0.15, 0.2) is 47.4 Å². The summed E-state index contributed by atoms with van der Waals surface area (Å²) in [7, 11) is -3.77. The number of rotatable bonds is 3. The normalized spacial score (nSPS) is 20.2. The number of amides is 1. The van der Waals surface area contributed by atoms with Crippen LogP contribution in [0, 0.1) is 0 Å². The van der Waals surface area contributed by atoms with Gasteiger partial charge in [0.15, 0.2) is 0 Å². The first-order chi connectivity index (χ1) is 14.4. The molecular weight excluding hydrogens is 424 g/mol. The topological polar surface area (TPSA) is 66.9 Å². The highest BCUT2D eigenvalue weighted by atomic mass is 35.5. The predicted octanol–water partition coefficient (Wildman–Crippen LogP) is 4.33. The van der Waals surface area contributed by atoms with Crippen LogP contribution in [0.25, 0.3) is 0 Å². The van der Waals surface area contributed by atoms with Crippen LogP contribution in [0.4, 0.5) is 5.69 Å². The van der Waals surface area contributed by atoms with E-state index in [4.69, 9.17) is 16.3 Å². The smallest absolute Gasteiger partial charge is 0.258 e. The maximum Gasteiger partial charge on any atom is 0.258 e. The van der Waals surface area contributed by atoms with E-state index in [0.717, 1.165) is 25.7 Å². The summed E-state index contributed by atoms with van der Waals surface area (Å²) in [5.41, 5.74) is 0.962. The molecule has 0 spiro atoms. The average Bonchev–Trinajstić information content (AvgIpc) is 3.04. The van der Waals surface area contributed by atoms with Crippen molar-refractivity contribution in [2.24, 2.45) is 0 Å². The Balaban J connectivity index is 1.71. The van der Waals surface area contributed by atoms with Crippen molar-refractivity contribution < 1.29 is 17.9 Å². The number of para-hydroxylation sites is 2. The summed E-state index contributed by atoms with van der Waals surface area (Å²) in [6.45, 7) is 3.23. The lowest BCUT2D eigenvalue weighted by Gasteiger charge is -2.35. The van der Waals surface area contributed by atoms with Gasteiger partial charge in [-0.3, -0.25) is 9.69 Å². The van der Waals surface area contributed by atoms with Gasteiger partial charge >= 0.3 is 0 Å². The molecule has 4 rings (SSSR count). The Bertz CT molecular complexity index is 1050. The standard InChI is InChI=1S/C22H25ClN2O4S/c1-16-15-29-20-9-5-4-8-19(20)25(16)22(26)17-10-11-18(23)21(14-17)30(27,28)24-12-6-2-3-7-13-24/h4-5,8-11,14,16H,2-3,6-7,12-13,15H2,1H3/t16-/m0/s1. The molecule has 0 unspecified atom stereocenters. The third kappa shape index (κ3) is 3.94. The SMILES string of the molecule is C[C@H]1COc2ccccc2N1C(=O)c1ccc(Cl)c(S(=O)(=O)N2CCCCCC2)c1. The summed E-state index contributed by atoms with van der Waals surface area (Å²) in [4.78, 5) is 15.1. The summed E-state index contributed by atoms with van der Waals surface area (Å²) in [6.07, 6.45) is 3.70. The third-order valence-corrected chi connectivity index (χ3v) is 8.01. The molecule has 0 saturated carbocycles. The van der Waals surface area contributed by atoms with Crippen molar-refractivity contribution in [3.63, 3.8) is 0 Å². The van der Waals surface area contributed by atoms with Crippen LogP contribution in [0.2, 0.25) is 5.02 Å². The van der Waals surface area contributed by atoms with Crippen LogP contribution < -0.4 is 9.64 Å². The van der Waals surface area contributed by atoms with Gasteiger partial charge in [0.2, 0.25) is 10.0 Å². The molecule has 6 nitrogen and oxygen atoms in total. The van der Waals surface area contributed by atoms with Gasteiger partial charge in [-0.25, -0.2) is 8.42 Å². The van der Waals surface area contributed by atoms with E-state index < -0.39 is 10.0 Å². The summed E-state index contributed by atoms with van der Waals surface area (Å²) >= 11 is 6.29. The van der Waals surface area contributed by atoms with Crippen molar-refractivity contribution >= 4 is 33.2 Å². The molecule has 2 aromatic carbocycles. The van der Waals surface area contributed by atoms with E-state index in [1.807, 2.05) is 31.2 Å². The minimum Gasteiger partial charge on any atom is -0.489 e. The van der Waals surface area contributed by atoms with Gasteiger partial charge in [0, 0.05) is 18.7 Å². The highest BCUT2D eigenvalue weighted by Gasteiger charge is 2.32. The second kappa shape index (κ2) is 8.57. The monoisotopic (exact) mass is 448 g/mol. The molecule has 0 bridgehead atoms. The summed E-state index contributed by atoms with van der Waals surface area (Å²) in [5.74, 6) is 0.359. The largest absolute Gasteiger partial charge is 0.489 e. The first kappa shape index (κ1) is 21.2. The van der Waals surface area contributed by atoms with Crippen molar-refractivity contribution in [2.45, 2.75) is 43.5 Å². The predicted molar refractivity (Wildman–Crippen MR) is 117 cm³/mol. The second-order valence-electron chi connectivity index (χ2n) is 7.77. The molecule has 160 valence electrons. The Morgan fingerprint density at radius 3 is 2.50 bits per heavy atom. The molecule has 1 saturated heterocycles. The van der Waals surface area contributed by atoms with Gasteiger partial charge in [0.25, 0.3) is 5.91 Å². The van der Waals surface area contributed by atoms with Gasteiger partial charge in [-0.05, 0) is 50.1 Å². The quantitative estimate of drug-likeness (QED) is 0.700. The number of benzene rings is 2. The molecule has 1 atom stereocenters. The van der Waals surface area contributed by atoms with E-state index in [9.17, 15) is 13.2 Å². The zero-order chi connectivity index (χ0) is 21.3. The Kier molecular flexibility index (Phi) is 6.04. The van der Waals surface area contributed by atoms with Gasteiger partial charge in [0.05, 0.1) is 16.8 Å². The molecule has 0 aliphatic carbocycles. The molecule has 1 amide bonds. The minimum absolute atomic E-state index is 0.00823. The number of anilines is 1.